The third-order valence-electron chi connectivity index (χ3n) is 4.63. The number of pyridine rings is 1. The maximum Gasteiger partial charge on any atom is 0.253 e. The van der Waals surface area contributed by atoms with Gasteiger partial charge in [0.15, 0.2) is 0 Å². The number of nitrogen functional groups attached to an aromatic ring is 1. The van der Waals surface area contributed by atoms with Crippen molar-refractivity contribution in [1.82, 2.24) is 14.7 Å². The summed E-state index contributed by atoms with van der Waals surface area (Å²) in [4.78, 5) is 15.9. The van der Waals surface area contributed by atoms with Crippen LogP contribution in [0.25, 0.3) is 5.65 Å². The second-order valence-corrected chi connectivity index (χ2v) is 8.71. The average molecular weight is 473 g/mol. The summed E-state index contributed by atoms with van der Waals surface area (Å²) in [5.41, 5.74) is 7.43. The van der Waals surface area contributed by atoms with Crippen molar-refractivity contribution in [2.75, 3.05) is 5.73 Å². The van der Waals surface area contributed by atoms with Crippen molar-refractivity contribution in [2.24, 2.45) is 0 Å². The number of nitrogens with one attached hydrogen (secondary N) is 1. The van der Waals surface area contributed by atoms with Crippen LogP contribution in [-0.2, 0) is 16.4 Å². The van der Waals surface area contributed by atoms with Gasteiger partial charge in [0.1, 0.15) is 23.1 Å². The number of hydrogen-bond donors (Lipinski definition) is 2. The molecule has 0 spiro atoms. The Labute approximate surface area is 189 Å². The summed E-state index contributed by atoms with van der Waals surface area (Å²) in [6, 6.07) is 11.1. The minimum Gasteiger partial charge on any atom is -0.383 e. The molecule has 0 fully saturated rings. The Hall–Kier alpha value is -3.79. The lowest BCUT2D eigenvalue weighted by Crippen LogP contribution is -2.23. The van der Waals surface area contributed by atoms with Crippen molar-refractivity contribution in [2.45, 2.75) is 30.2 Å². The van der Waals surface area contributed by atoms with E-state index in [4.69, 9.17) is 5.73 Å². The summed E-state index contributed by atoms with van der Waals surface area (Å²) in [6.45, 7) is 4.14. The molecule has 2 aromatic heterocycles. The minimum absolute atomic E-state index is 0.117. The zero-order valence-corrected chi connectivity index (χ0v) is 18.7. The van der Waals surface area contributed by atoms with Gasteiger partial charge in [-0.25, -0.2) is 22.2 Å². The molecule has 4 aromatic rings. The number of fused-ring (bicyclic) bond motifs is 1. The lowest BCUT2D eigenvalue weighted by molar-refractivity contribution is 0.0950. The number of aromatic nitrogens is 2. The first-order valence-electron chi connectivity index (χ1n) is 10.0. The van der Waals surface area contributed by atoms with Gasteiger partial charge < -0.3 is 11.1 Å². The van der Waals surface area contributed by atoms with Crippen LogP contribution in [0.1, 0.15) is 29.8 Å². The zero-order chi connectivity index (χ0) is 24.2. The lowest BCUT2D eigenvalue weighted by Gasteiger charge is -2.08. The third kappa shape index (κ3) is 5.17. The molecule has 4 rings (SSSR count). The van der Waals surface area contributed by atoms with Crippen LogP contribution in [0, 0.1) is 11.6 Å². The van der Waals surface area contributed by atoms with Gasteiger partial charge >= 0.3 is 0 Å². The van der Waals surface area contributed by atoms with Gasteiger partial charge in [0.2, 0.25) is 9.84 Å². The van der Waals surface area contributed by atoms with Gasteiger partial charge in [-0.1, -0.05) is 26.0 Å². The first kappa shape index (κ1) is 23.9. The SMILES string of the molecule is CC.Nc1cnc2ccc(C(=O)NCc3ccc(S(=O)(=O)c4cc(F)cc(F)c4)cc3)cn12. The summed E-state index contributed by atoms with van der Waals surface area (Å²) < 4.78 is 53.5. The molecule has 0 aliphatic rings. The van der Waals surface area contributed by atoms with Gasteiger partial charge in [-0.15, -0.1) is 0 Å². The second-order valence-electron chi connectivity index (χ2n) is 6.76. The molecule has 0 saturated heterocycles. The topological polar surface area (TPSA) is 107 Å². The molecule has 10 heteroatoms. The summed E-state index contributed by atoms with van der Waals surface area (Å²) in [5, 5.41) is 2.73. The molecule has 0 bridgehead atoms. The third-order valence-corrected chi connectivity index (χ3v) is 6.38. The van der Waals surface area contributed by atoms with Crippen LogP contribution in [0.5, 0.6) is 0 Å². The monoisotopic (exact) mass is 472 g/mol. The van der Waals surface area contributed by atoms with E-state index >= 15 is 0 Å². The average Bonchev–Trinajstić information content (AvgIpc) is 3.18. The first-order valence-corrected chi connectivity index (χ1v) is 11.5. The maximum atomic E-state index is 13.4. The number of carbonyl (C=O) groups is 1. The molecule has 0 aliphatic carbocycles. The number of anilines is 1. The van der Waals surface area contributed by atoms with E-state index in [2.05, 4.69) is 10.3 Å². The molecular formula is C23H22F2N4O3S. The van der Waals surface area contributed by atoms with Crippen LogP contribution >= 0.6 is 0 Å². The van der Waals surface area contributed by atoms with Crippen molar-refractivity contribution >= 4 is 27.2 Å². The number of nitrogens with two attached hydrogens (primary N) is 1. The molecule has 1 amide bonds. The fraction of sp³-hybridized carbons (Fsp3) is 0.130. The number of carbonyl (C=O) groups excluding carboxylic acids is 1. The van der Waals surface area contributed by atoms with Crippen molar-refractivity contribution < 1.29 is 22.0 Å². The predicted molar refractivity (Wildman–Crippen MR) is 120 cm³/mol. The number of amides is 1. The van der Waals surface area contributed by atoms with E-state index in [-0.39, 0.29) is 17.3 Å². The van der Waals surface area contributed by atoms with Gasteiger partial charge in [-0.2, -0.15) is 0 Å². The van der Waals surface area contributed by atoms with E-state index in [1.807, 2.05) is 13.8 Å². The Balaban J connectivity index is 0.00000149. The van der Waals surface area contributed by atoms with Crippen LogP contribution in [0.2, 0.25) is 0 Å². The molecule has 0 saturated carbocycles. The van der Waals surface area contributed by atoms with E-state index in [1.54, 1.807) is 22.7 Å². The Morgan fingerprint density at radius 2 is 1.64 bits per heavy atom. The Kier molecular flexibility index (Phi) is 7.07. The highest BCUT2D eigenvalue weighted by Crippen LogP contribution is 2.23. The molecule has 33 heavy (non-hydrogen) atoms. The Morgan fingerprint density at radius 3 is 2.27 bits per heavy atom. The van der Waals surface area contributed by atoms with Crippen molar-refractivity contribution in [3.8, 4) is 0 Å². The van der Waals surface area contributed by atoms with Crippen LogP contribution < -0.4 is 11.1 Å². The standard InChI is InChI=1S/C21H16F2N4O3S.C2H6/c22-15-7-16(23)9-18(8-15)31(29,30)17-4-1-13(2-5-17)10-26-21(28)14-3-6-20-25-11-19(24)27(20)12-14;1-2/h1-9,11-12H,10,24H2,(H,26,28);1-2H3. The Morgan fingerprint density at radius 1 is 1.00 bits per heavy atom. The van der Waals surface area contributed by atoms with Crippen LogP contribution in [-0.4, -0.2) is 23.7 Å². The predicted octanol–water partition coefficient (Wildman–Crippen LogP) is 3.98. The van der Waals surface area contributed by atoms with Crippen molar-refractivity contribution in [3.63, 3.8) is 0 Å². The van der Waals surface area contributed by atoms with Gasteiger partial charge in [0, 0.05) is 18.8 Å². The smallest absolute Gasteiger partial charge is 0.253 e. The molecule has 3 N–H and O–H groups in total. The van der Waals surface area contributed by atoms with Gasteiger partial charge in [0.25, 0.3) is 5.91 Å². The normalized spacial score (nSPS) is 11.0. The summed E-state index contributed by atoms with van der Waals surface area (Å²) in [6.07, 6.45) is 3.06. The van der Waals surface area contributed by atoms with Gasteiger partial charge in [-0.3, -0.25) is 9.20 Å². The highest BCUT2D eigenvalue weighted by molar-refractivity contribution is 7.91. The molecule has 0 atom stereocenters. The van der Waals surface area contributed by atoms with Crippen LogP contribution in [0.3, 0.4) is 0 Å². The Bertz CT molecular complexity index is 1380. The molecule has 0 radical (unpaired) electrons. The fourth-order valence-electron chi connectivity index (χ4n) is 3.02. The molecule has 172 valence electrons. The van der Waals surface area contributed by atoms with Crippen LogP contribution in [0.15, 0.2) is 76.8 Å². The second kappa shape index (κ2) is 9.78. The molecule has 0 aliphatic heterocycles. The van der Waals surface area contributed by atoms with Crippen molar-refractivity contribution in [1.29, 1.82) is 0 Å². The summed E-state index contributed by atoms with van der Waals surface area (Å²) in [5.74, 6) is -1.90. The van der Waals surface area contributed by atoms with E-state index in [9.17, 15) is 22.0 Å². The maximum absolute atomic E-state index is 13.4. The quantitative estimate of drug-likeness (QED) is 0.457. The molecule has 2 heterocycles. The zero-order valence-electron chi connectivity index (χ0n) is 17.9. The molecular weight excluding hydrogens is 450 g/mol. The largest absolute Gasteiger partial charge is 0.383 e. The van der Waals surface area contributed by atoms with Crippen molar-refractivity contribution in [3.05, 3.63) is 89.8 Å². The number of imidazole rings is 1. The molecule has 0 unspecified atom stereocenters. The molecule has 7 nitrogen and oxygen atoms in total. The number of sulfone groups is 1. The van der Waals surface area contributed by atoms with Gasteiger partial charge in [0.05, 0.1) is 21.6 Å². The number of benzene rings is 2. The number of rotatable bonds is 5. The summed E-state index contributed by atoms with van der Waals surface area (Å²) in [7, 11) is -4.08. The minimum atomic E-state index is -4.08. The first-order chi connectivity index (χ1) is 15.7. The van der Waals surface area contributed by atoms with E-state index < -0.39 is 26.4 Å². The van der Waals surface area contributed by atoms with Gasteiger partial charge in [-0.05, 0) is 42.0 Å². The number of nitrogens with zero attached hydrogens (tertiary/aromatic N) is 2. The van der Waals surface area contributed by atoms with Crippen LogP contribution in [0.4, 0.5) is 14.6 Å². The lowest BCUT2D eigenvalue weighted by atomic mass is 10.2. The summed E-state index contributed by atoms with van der Waals surface area (Å²) >= 11 is 0. The number of hydrogen-bond acceptors (Lipinski definition) is 5. The fourth-order valence-corrected chi connectivity index (χ4v) is 4.33. The number of halogens is 2. The van der Waals surface area contributed by atoms with E-state index in [0.717, 1.165) is 12.1 Å². The highest BCUT2D eigenvalue weighted by Gasteiger charge is 2.19. The highest BCUT2D eigenvalue weighted by atomic mass is 32.2. The van der Waals surface area contributed by atoms with E-state index in [0.29, 0.717) is 28.7 Å². The molecule has 2 aromatic carbocycles. The van der Waals surface area contributed by atoms with E-state index in [1.165, 1.54) is 30.5 Å².